The molecule has 2 aliphatic heterocycles. The summed E-state index contributed by atoms with van der Waals surface area (Å²) < 4.78 is 12.5. The molecule has 2 aliphatic rings. The van der Waals surface area contributed by atoms with Crippen LogP contribution in [0.3, 0.4) is 0 Å². The number of ether oxygens (including phenoxy) is 2. The number of anilines is 1. The first-order chi connectivity index (χ1) is 19.4. The van der Waals surface area contributed by atoms with Crippen molar-refractivity contribution in [1.29, 1.82) is 0 Å². The Morgan fingerprint density at radius 1 is 1.02 bits per heavy atom. The molecule has 5 rings (SSSR count). The monoisotopic (exact) mass is 619 g/mol. The van der Waals surface area contributed by atoms with E-state index in [-0.39, 0.29) is 5.91 Å². The van der Waals surface area contributed by atoms with Gasteiger partial charge < -0.3 is 14.4 Å². The van der Waals surface area contributed by atoms with E-state index < -0.39 is 0 Å². The number of piperidine rings is 1. The summed E-state index contributed by atoms with van der Waals surface area (Å²) >= 11 is 5.04. The summed E-state index contributed by atoms with van der Waals surface area (Å²) in [5, 5.41) is 0.688. The molecule has 40 heavy (non-hydrogen) atoms. The van der Waals surface area contributed by atoms with Crippen LogP contribution >= 0.6 is 27.7 Å². The molecule has 208 valence electrons. The molecule has 0 radical (unpaired) electrons. The molecule has 6 nitrogen and oxygen atoms in total. The molecule has 0 N–H and O–H groups in total. The van der Waals surface area contributed by atoms with Gasteiger partial charge in [-0.25, -0.2) is 4.99 Å². The van der Waals surface area contributed by atoms with Crippen molar-refractivity contribution in [2.24, 2.45) is 4.99 Å². The highest BCUT2D eigenvalue weighted by atomic mass is 79.9. The third-order valence-electron chi connectivity index (χ3n) is 7.05. The molecule has 1 amide bonds. The van der Waals surface area contributed by atoms with Crippen LogP contribution in [0.4, 0.5) is 11.4 Å². The zero-order valence-electron chi connectivity index (χ0n) is 23.2. The molecule has 0 spiro atoms. The molecule has 0 saturated carbocycles. The SMILES string of the molecule is CCN1C(=O)/C(=C/c2cc(Br)c(OCc3ccc(C)cc3)c(OC)c2)SC1=Nc1ccc(N2CCCCC2)cc1. The van der Waals surface area contributed by atoms with Crippen LogP contribution < -0.4 is 14.4 Å². The summed E-state index contributed by atoms with van der Waals surface area (Å²) in [7, 11) is 1.62. The fraction of sp³-hybridized carbons (Fsp3) is 0.312. The molecule has 2 saturated heterocycles. The maximum absolute atomic E-state index is 13.3. The van der Waals surface area contributed by atoms with Crippen LogP contribution in [0.2, 0.25) is 0 Å². The zero-order chi connectivity index (χ0) is 28.1. The lowest BCUT2D eigenvalue weighted by molar-refractivity contribution is -0.122. The number of amidine groups is 1. The minimum atomic E-state index is -0.0500. The molecule has 0 bridgehead atoms. The molecule has 3 aromatic rings. The smallest absolute Gasteiger partial charge is 0.266 e. The van der Waals surface area contributed by atoms with Gasteiger partial charge in [-0.3, -0.25) is 9.69 Å². The van der Waals surface area contributed by atoms with Crippen LogP contribution in [0.15, 0.2) is 75.0 Å². The predicted molar refractivity (Wildman–Crippen MR) is 169 cm³/mol. The Kier molecular flexibility index (Phi) is 9.17. The average Bonchev–Trinajstić information content (AvgIpc) is 3.26. The van der Waals surface area contributed by atoms with E-state index in [0.29, 0.717) is 34.7 Å². The first-order valence-electron chi connectivity index (χ1n) is 13.7. The minimum absolute atomic E-state index is 0.0500. The summed E-state index contributed by atoms with van der Waals surface area (Å²) in [5.74, 6) is 1.17. The van der Waals surface area contributed by atoms with E-state index in [1.807, 2.05) is 37.3 Å². The Balaban J connectivity index is 1.34. The standard InChI is InChI=1S/C32H34BrN3O3S/c1-4-36-31(37)29(40-32(36)34-25-12-14-26(15-13-25)35-16-6-5-7-17-35)20-24-18-27(33)30(28(19-24)38-3)39-21-23-10-8-22(2)9-11-23/h8-15,18-20H,4-7,16-17,21H2,1-3H3/b29-20-,34-32?. The van der Waals surface area contributed by atoms with Crippen molar-refractivity contribution in [3.63, 3.8) is 0 Å². The van der Waals surface area contributed by atoms with Crippen molar-refractivity contribution in [3.05, 3.63) is 86.7 Å². The third kappa shape index (κ3) is 6.56. The van der Waals surface area contributed by atoms with Gasteiger partial charge in [0.2, 0.25) is 0 Å². The second-order valence-corrected chi connectivity index (χ2v) is 11.8. The predicted octanol–water partition coefficient (Wildman–Crippen LogP) is 7.96. The van der Waals surface area contributed by atoms with Gasteiger partial charge in [-0.1, -0.05) is 29.8 Å². The number of hydrogen-bond acceptors (Lipinski definition) is 6. The van der Waals surface area contributed by atoms with Crippen molar-refractivity contribution in [2.45, 2.75) is 39.7 Å². The summed E-state index contributed by atoms with van der Waals surface area (Å²) in [4.78, 5) is 22.9. The van der Waals surface area contributed by atoms with Gasteiger partial charge in [-0.15, -0.1) is 0 Å². The van der Waals surface area contributed by atoms with E-state index in [1.54, 1.807) is 12.0 Å². The molecule has 0 unspecified atom stereocenters. The van der Waals surface area contributed by atoms with E-state index in [4.69, 9.17) is 14.5 Å². The number of halogens is 1. The van der Waals surface area contributed by atoms with E-state index in [1.165, 1.54) is 42.3 Å². The third-order valence-corrected chi connectivity index (χ3v) is 8.65. The van der Waals surface area contributed by atoms with Crippen LogP contribution in [0.1, 0.15) is 42.9 Å². The number of amides is 1. The number of nitrogens with zero attached hydrogens (tertiary/aromatic N) is 3. The molecular weight excluding hydrogens is 586 g/mol. The zero-order valence-corrected chi connectivity index (χ0v) is 25.6. The minimum Gasteiger partial charge on any atom is -0.493 e. The Morgan fingerprint density at radius 2 is 1.75 bits per heavy atom. The Bertz CT molecular complexity index is 1410. The van der Waals surface area contributed by atoms with Crippen LogP contribution in [0.5, 0.6) is 11.5 Å². The fourth-order valence-corrected chi connectivity index (χ4v) is 6.46. The molecule has 8 heteroatoms. The molecule has 0 aliphatic carbocycles. The van der Waals surface area contributed by atoms with Gasteiger partial charge in [0, 0.05) is 25.3 Å². The van der Waals surface area contributed by atoms with Crippen LogP contribution in [-0.2, 0) is 11.4 Å². The summed E-state index contributed by atoms with van der Waals surface area (Å²) in [6, 6.07) is 20.4. The maximum Gasteiger partial charge on any atom is 0.266 e. The van der Waals surface area contributed by atoms with Gasteiger partial charge in [0.05, 0.1) is 22.2 Å². The molecular formula is C32H34BrN3O3S. The Hall–Kier alpha value is -3.23. The fourth-order valence-electron chi connectivity index (χ4n) is 4.83. The normalized spacial score (nSPS) is 17.6. The quantitative estimate of drug-likeness (QED) is 0.239. The summed E-state index contributed by atoms with van der Waals surface area (Å²) in [6.45, 7) is 7.22. The molecule has 0 aromatic heterocycles. The molecule has 2 heterocycles. The number of carbonyl (C=O) groups is 1. The highest BCUT2D eigenvalue weighted by molar-refractivity contribution is 9.10. The highest BCUT2D eigenvalue weighted by Gasteiger charge is 2.32. The lowest BCUT2D eigenvalue weighted by Crippen LogP contribution is -2.29. The van der Waals surface area contributed by atoms with Crippen molar-refractivity contribution < 1.29 is 14.3 Å². The second kappa shape index (κ2) is 13.0. The number of methoxy groups -OCH3 is 1. The number of benzene rings is 3. The van der Waals surface area contributed by atoms with Crippen LogP contribution in [-0.4, -0.2) is 42.7 Å². The number of hydrogen-bond donors (Lipinski definition) is 0. The van der Waals surface area contributed by atoms with E-state index in [2.05, 4.69) is 64.2 Å². The van der Waals surface area contributed by atoms with Gasteiger partial charge in [0.1, 0.15) is 6.61 Å². The Morgan fingerprint density at radius 3 is 2.42 bits per heavy atom. The van der Waals surface area contributed by atoms with Gasteiger partial charge in [0.25, 0.3) is 5.91 Å². The van der Waals surface area contributed by atoms with Gasteiger partial charge in [-0.2, -0.15) is 0 Å². The first-order valence-corrected chi connectivity index (χ1v) is 15.3. The average molecular weight is 621 g/mol. The topological polar surface area (TPSA) is 54.4 Å². The van der Waals surface area contributed by atoms with Crippen molar-refractivity contribution >= 4 is 56.2 Å². The number of likely N-dealkylation sites (N-methyl/N-ethyl adjacent to an activating group) is 1. The van der Waals surface area contributed by atoms with Gasteiger partial charge in [-0.05, 0) is 114 Å². The van der Waals surface area contributed by atoms with E-state index >= 15 is 0 Å². The number of rotatable bonds is 8. The van der Waals surface area contributed by atoms with Crippen molar-refractivity contribution in [2.75, 3.05) is 31.6 Å². The summed E-state index contributed by atoms with van der Waals surface area (Å²) in [6.07, 6.45) is 5.69. The summed E-state index contributed by atoms with van der Waals surface area (Å²) in [5.41, 5.74) is 5.20. The lowest BCUT2D eigenvalue weighted by Gasteiger charge is -2.28. The lowest BCUT2D eigenvalue weighted by atomic mass is 10.1. The van der Waals surface area contributed by atoms with Crippen LogP contribution in [0, 0.1) is 6.92 Å². The largest absolute Gasteiger partial charge is 0.493 e. The van der Waals surface area contributed by atoms with Gasteiger partial charge in [0.15, 0.2) is 16.7 Å². The van der Waals surface area contributed by atoms with Crippen molar-refractivity contribution in [3.8, 4) is 11.5 Å². The first kappa shape index (κ1) is 28.3. The van der Waals surface area contributed by atoms with Crippen LogP contribution in [0.25, 0.3) is 6.08 Å². The highest BCUT2D eigenvalue weighted by Crippen LogP contribution is 2.40. The molecule has 2 fully saturated rings. The Labute approximate surface area is 249 Å². The maximum atomic E-state index is 13.3. The molecule has 0 atom stereocenters. The van der Waals surface area contributed by atoms with Gasteiger partial charge >= 0.3 is 0 Å². The second-order valence-electron chi connectivity index (χ2n) is 9.93. The number of aryl methyl sites for hydroxylation is 1. The number of thioether (sulfide) groups is 1. The van der Waals surface area contributed by atoms with Crippen molar-refractivity contribution in [1.82, 2.24) is 4.90 Å². The van der Waals surface area contributed by atoms with E-state index in [0.717, 1.165) is 34.4 Å². The number of carbonyl (C=O) groups excluding carboxylic acids is 1. The van der Waals surface area contributed by atoms with E-state index in [9.17, 15) is 4.79 Å². The molecule has 3 aromatic carbocycles. The number of aliphatic imine (C=N–C) groups is 1.